The molecule has 6 rings (SSSR count). The molecule has 0 aromatic heterocycles. The largest absolute Gasteiger partial charge is 0.490 e. The first-order chi connectivity index (χ1) is 20.9. The van der Waals surface area contributed by atoms with E-state index in [0.717, 1.165) is 68.1 Å². The average molecular weight is 643 g/mol. The number of carboxylic acids is 1. The molecular weight excluding hydrogens is 600 g/mol. The molecule has 0 saturated heterocycles. The van der Waals surface area contributed by atoms with Gasteiger partial charge in [-0.3, -0.25) is 0 Å². The van der Waals surface area contributed by atoms with Gasteiger partial charge in [0.1, 0.15) is 5.75 Å². The van der Waals surface area contributed by atoms with E-state index in [0.29, 0.717) is 18.4 Å². The van der Waals surface area contributed by atoms with Crippen LogP contribution in [-0.4, -0.2) is 57.7 Å². The molecule has 3 N–H and O–H groups in total. The maximum absolute atomic E-state index is 12.0. The molecule has 8 nitrogen and oxygen atoms in total. The van der Waals surface area contributed by atoms with Gasteiger partial charge in [-0.1, -0.05) is 30.7 Å². The highest BCUT2D eigenvalue weighted by Gasteiger charge is 2.46. The second-order valence-corrected chi connectivity index (χ2v) is 15.9. The van der Waals surface area contributed by atoms with Crippen LogP contribution in [0.1, 0.15) is 67.4 Å². The Morgan fingerprint density at radius 1 is 1.23 bits per heavy atom. The molecule has 0 bridgehead atoms. The number of aromatic carboxylic acids is 1. The Balaban J connectivity index is 1.27. The quantitative estimate of drug-likeness (QED) is 0.331. The van der Waals surface area contributed by atoms with Crippen molar-refractivity contribution in [3.8, 4) is 5.75 Å². The monoisotopic (exact) mass is 642 g/mol. The lowest BCUT2D eigenvalue weighted by atomic mass is 9.64. The molecule has 2 aromatic rings. The highest BCUT2D eigenvalue weighted by atomic mass is 35.5. The molecule has 238 valence electrons. The summed E-state index contributed by atoms with van der Waals surface area (Å²) in [5, 5.41) is 15.4. The standard InChI is InChI=1S/C34H43ClN2O6S/c1-20(21(2)44(36,40)41)25-13-26(14-25)32(42-3)28-9-6-24(28)17-37-18-34(12-4-5-22-15-27(35)8-10-29(22)34)19-43-31-11-7-23(33(38)39)16-30(31)37/h7-8,10-11,13,15-16,20-21,24-25,28,32H,4-6,9,12,14,17-19H2,1-3H3,(H,38,39)(H2,36,40,41)/t20-,21-,24+,25?,28-,32+,34+/m1/s1. The number of sulfonamides is 1. The lowest BCUT2D eigenvalue weighted by Crippen LogP contribution is -2.50. The van der Waals surface area contributed by atoms with E-state index in [-0.39, 0.29) is 28.9 Å². The summed E-state index contributed by atoms with van der Waals surface area (Å²) < 4.78 is 36.5. The number of rotatable bonds is 9. The molecule has 3 aliphatic carbocycles. The number of ether oxygens (including phenoxy) is 2. The summed E-state index contributed by atoms with van der Waals surface area (Å²) in [5.74, 6) is 0.535. The fraction of sp³-hybridized carbons (Fsp3) is 0.559. The van der Waals surface area contributed by atoms with Crippen molar-refractivity contribution < 1.29 is 27.8 Å². The van der Waals surface area contributed by atoms with Crippen LogP contribution in [0.3, 0.4) is 0 Å². The number of carboxylic acid groups (broad SMARTS) is 1. The molecule has 1 fully saturated rings. The molecule has 1 spiro atoms. The van der Waals surface area contributed by atoms with Crippen LogP contribution in [0.2, 0.25) is 5.02 Å². The highest BCUT2D eigenvalue weighted by molar-refractivity contribution is 7.89. The van der Waals surface area contributed by atoms with Crippen LogP contribution in [0.4, 0.5) is 5.69 Å². The van der Waals surface area contributed by atoms with E-state index < -0.39 is 21.2 Å². The lowest BCUT2D eigenvalue weighted by molar-refractivity contribution is -0.000487. The number of primary sulfonamides is 1. The number of hydrogen-bond acceptors (Lipinski definition) is 6. The van der Waals surface area contributed by atoms with Crippen LogP contribution < -0.4 is 14.8 Å². The van der Waals surface area contributed by atoms with E-state index in [2.05, 4.69) is 23.1 Å². The van der Waals surface area contributed by atoms with E-state index in [9.17, 15) is 18.3 Å². The van der Waals surface area contributed by atoms with Crippen molar-refractivity contribution in [2.75, 3.05) is 31.7 Å². The minimum Gasteiger partial charge on any atom is -0.490 e. The Morgan fingerprint density at radius 3 is 2.66 bits per heavy atom. The Kier molecular flexibility index (Phi) is 8.54. The van der Waals surface area contributed by atoms with Crippen LogP contribution in [0.15, 0.2) is 48.0 Å². The topological polar surface area (TPSA) is 119 Å². The van der Waals surface area contributed by atoms with Gasteiger partial charge in [-0.25, -0.2) is 18.4 Å². The zero-order valence-corrected chi connectivity index (χ0v) is 27.2. The molecule has 0 radical (unpaired) electrons. The van der Waals surface area contributed by atoms with Gasteiger partial charge >= 0.3 is 5.97 Å². The normalized spacial score (nSPS) is 28.2. The molecule has 1 unspecified atom stereocenters. The zero-order valence-electron chi connectivity index (χ0n) is 25.7. The number of nitrogens with zero attached hydrogens (tertiary/aromatic N) is 1. The Labute approximate surface area is 265 Å². The van der Waals surface area contributed by atoms with Gasteiger partial charge in [0.25, 0.3) is 0 Å². The Bertz CT molecular complexity index is 1580. The zero-order chi connectivity index (χ0) is 31.4. The second-order valence-electron chi connectivity index (χ2n) is 13.5. The van der Waals surface area contributed by atoms with Gasteiger partial charge in [0, 0.05) is 30.6 Å². The van der Waals surface area contributed by atoms with Gasteiger partial charge in [0.05, 0.1) is 29.2 Å². The highest BCUT2D eigenvalue weighted by Crippen LogP contribution is 2.49. The molecule has 44 heavy (non-hydrogen) atoms. The molecule has 1 saturated carbocycles. The number of aryl methyl sites for hydroxylation is 1. The van der Waals surface area contributed by atoms with Crippen molar-refractivity contribution in [2.24, 2.45) is 28.8 Å². The summed E-state index contributed by atoms with van der Waals surface area (Å²) in [4.78, 5) is 14.4. The van der Waals surface area contributed by atoms with Crippen LogP contribution in [0, 0.1) is 23.7 Å². The van der Waals surface area contributed by atoms with Crippen LogP contribution in [-0.2, 0) is 26.6 Å². The van der Waals surface area contributed by atoms with E-state index in [1.54, 1.807) is 32.2 Å². The van der Waals surface area contributed by atoms with Crippen molar-refractivity contribution >= 4 is 33.3 Å². The van der Waals surface area contributed by atoms with Crippen LogP contribution in [0.25, 0.3) is 0 Å². The summed E-state index contributed by atoms with van der Waals surface area (Å²) in [7, 11) is -1.83. The first-order valence-corrected chi connectivity index (χ1v) is 17.7. The molecule has 7 atom stereocenters. The number of allylic oxidation sites excluding steroid dienone is 1. The SMILES string of the molecule is CO[C@@H](C1=CC([C@H](C)[C@@H](C)S(N)(=O)=O)C1)[C@@H]1CC[C@H]1CN1C[C@@]2(CCCc3cc(Cl)ccc32)COc2ccc(C(=O)O)cc21. The number of anilines is 1. The van der Waals surface area contributed by atoms with Crippen molar-refractivity contribution in [3.63, 3.8) is 0 Å². The minimum atomic E-state index is -3.59. The number of carbonyl (C=O) groups is 1. The Morgan fingerprint density at radius 2 is 2.00 bits per heavy atom. The van der Waals surface area contributed by atoms with E-state index in [1.807, 2.05) is 13.0 Å². The fourth-order valence-corrected chi connectivity index (χ4v) is 9.06. The third-order valence-corrected chi connectivity index (χ3v) is 12.8. The van der Waals surface area contributed by atoms with Gasteiger partial charge in [0.2, 0.25) is 10.0 Å². The van der Waals surface area contributed by atoms with Gasteiger partial charge < -0.3 is 19.5 Å². The number of halogens is 1. The number of nitrogens with two attached hydrogens (primary N) is 1. The van der Waals surface area contributed by atoms with Gasteiger partial charge in [-0.2, -0.15) is 0 Å². The smallest absolute Gasteiger partial charge is 0.335 e. The van der Waals surface area contributed by atoms with E-state index in [4.69, 9.17) is 26.2 Å². The van der Waals surface area contributed by atoms with Gasteiger partial charge in [-0.05, 0) is 116 Å². The van der Waals surface area contributed by atoms with Crippen LogP contribution >= 0.6 is 11.6 Å². The molecular formula is C34H43ClN2O6S. The maximum Gasteiger partial charge on any atom is 0.335 e. The van der Waals surface area contributed by atoms with Crippen molar-refractivity contribution in [1.82, 2.24) is 0 Å². The minimum absolute atomic E-state index is 0.0263. The van der Waals surface area contributed by atoms with Crippen LogP contribution in [0.5, 0.6) is 5.75 Å². The summed E-state index contributed by atoms with van der Waals surface area (Å²) in [6, 6.07) is 11.4. The summed E-state index contributed by atoms with van der Waals surface area (Å²) in [5.41, 5.74) is 4.62. The maximum atomic E-state index is 12.0. The van der Waals surface area contributed by atoms with Crippen molar-refractivity contribution in [3.05, 3.63) is 69.8 Å². The summed E-state index contributed by atoms with van der Waals surface area (Å²) >= 11 is 6.40. The molecule has 2 aromatic carbocycles. The fourth-order valence-electron chi connectivity index (χ4n) is 8.06. The molecule has 1 heterocycles. The molecule has 1 aliphatic heterocycles. The Hall–Kier alpha value is -2.59. The average Bonchev–Trinajstić information content (AvgIpc) is 3.09. The molecule has 4 aliphatic rings. The third-order valence-electron chi connectivity index (χ3n) is 11.1. The number of fused-ring (bicyclic) bond motifs is 3. The van der Waals surface area contributed by atoms with E-state index >= 15 is 0 Å². The predicted octanol–water partition coefficient (Wildman–Crippen LogP) is 5.81. The van der Waals surface area contributed by atoms with Crippen molar-refractivity contribution in [1.29, 1.82) is 0 Å². The number of hydrogen-bond donors (Lipinski definition) is 2. The first-order valence-electron chi connectivity index (χ1n) is 15.7. The lowest BCUT2D eigenvalue weighted by Gasteiger charge is -2.48. The van der Waals surface area contributed by atoms with Gasteiger partial charge in [-0.15, -0.1) is 0 Å². The number of benzene rings is 2. The van der Waals surface area contributed by atoms with E-state index in [1.165, 1.54) is 16.7 Å². The van der Waals surface area contributed by atoms with Crippen molar-refractivity contribution in [2.45, 2.75) is 69.1 Å². The second kappa shape index (κ2) is 12.0. The third kappa shape index (κ3) is 5.77. The van der Waals surface area contributed by atoms with Gasteiger partial charge in [0.15, 0.2) is 0 Å². The first kappa shape index (κ1) is 31.4. The molecule has 10 heteroatoms. The predicted molar refractivity (Wildman–Crippen MR) is 172 cm³/mol. The molecule has 0 amide bonds. The number of methoxy groups -OCH3 is 1. The summed E-state index contributed by atoms with van der Waals surface area (Å²) in [6.07, 6.45) is 8.10. The summed E-state index contributed by atoms with van der Waals surface area (Å²) in [6.45, 7) is 5.66.